The summed E-state index contributed by atoms with van der Waals surface area (Å²) in [6, 6.07) is 8.48. The van der Waals surface area contributed by atoms with Gasteiger partial charge in [0.1, 0.15) is 0 Å². The normalized spacial score (nSPS) is 20.4. The Morgan fingerprint density at radius 1 is 1.38 bits per heavy atom. The predicted octanol–water partition coefficient (Wildman–Crippen LogP) is 4.10. The van der Waals surface area contributed by atoms with Crippen molar-refractivity contribution in [2.75, 3.05) is 0 Å². The van der Waals surface area contributed by atoms with Gasteiger partial charge < -0.3 is 0 Å². The van der Waals surface area contributed by atoms with E-state index in [1.807, 2.05) is 6.08 Å². The minimum absolute atomic E-state index is 0.468. The fourth-order valence-corrected chi connectivity index (χ4v) is 2.33. The summed E-state index contributed by atoms with van der Waals surface area (Å²) in [7, 11) is 0. The Morgan fingerprint density at radius 3 is 2.92 bits per heavy atom. The molecule has 2 rings (SSSR count). The highest BCUT2D eigenvalue weighted by Gasteiger charge is 2.16. The van der Waals surface area contributed by atoms with Crippen LogP contribution in [0.5, 0.6) is 0 Å². The molecule has 0 bridgehead atoms. The molecule has 0 radical (unpaired) electrons. The van der Waals surface area contributed by atoms with Crippen molar-refractivity contribution in [2.45, 2.75) is 12.3 Å². The van der Waals surface area contributed by atoms with Crippen LogP contribution in [0.25, 0.3) is 6.08 Å². The van der Waals surface area contributed by atoms with Crippen molar-refractivity contribution in [2.24, 2.45) is 0 Å². The monoisotopic (exact) mass is 234 g/mol. The summed E-state index contributed by atoms with van der Waals surface area (Å²) in [5, 5.41) is 0. The maximum Gasteiger partial charge on any atom is 0.00667 e. The van der Waals surface area contributed by atoms with Gasteiger partial charge in [0.2, 0.25) is 0 Å². The minimum Gasteiger partial charge on any atom is -0.102 e. The maximum absolute atomic E-state index is 3.87. The van der Waals surface area contributed by atoms with Crippen molar-refractivity contribution < 1.29 is 0 Å². The molecule has 1 aliphatic rings. The molecule has 0 N–H and O–H groups in total. The van der Waals surface area contributed by atoms with Crippen LogP contribution in [0.3, 0.4) is 0 Å². The molecule has 0 spiro atoms. The van der Waals surface area contributed by atoms with E-state index in [0.717, 1.165) is 6.42 Å². The predicted molar refractivity (Wildman–Crippen MR) is 60.9 cm³/mol. The van der Waals surface area contributed by atoms with Gasteiger partial charge in [0, 0.05) is 5.92 Å². The number of benzene rings is 1. The Hall–Kier alpha value is -0.820. The maximum atomic E-state index is 3.87. The molecule has 0 aromatic heterocycles. The van der Waals surface area contributed by atoms with Crippen molar-refractivity contribution in [1.29, 1.82) is 0 Å². The van der Waals surface area contributed by atoms with Crippen LogP contribution < -0.4 is 0 Å². The number of halogens is 1. The van der Waals surface area contributed by atoms with Crippen LogP contribution in [0, 0.1) is 0 Å². The Bertz CT molecular complexity index is 363. The standard InChI is InChI=1S/C12H11Br/c1-2-9-7-11(13)8-10-5-3-4-6-12(9)10/h2-6,8-9H,1,7H2. The van der Waals surface area contributed by atoms with Gasteiger partial charge in [0.05, 0.1) is 0 Å². The fraction of sp³-hybridized carbons (Fsp3) is 0.167. The first-order valence-electron chi connectivity index (χ1n) is 4.39. The Kier molecular flexibility index (Phi) is 2.36. The summed E-state index contributed by atoms with van der Waals surface area (Å²) in [5.74, 6) is 0.468. The average Bonchev–Trinajstić information content (AvgIpc) is 2.16. The van der Waals surface area contributed by atoms with Gasteiger partial charge in [-0.25, -0.2) is 0 Å². The van der Waals surface area contributed by atoms with Crippen molar-refractivity contribution in [3.8, 4) is 0 Å². The first kappa shape index (κ1) is 8.76. The largest absolute Gasteiger partial charge is 0.102 e. The van der Waals surface area contributed by atoms with E-state index in [2.05, 4.69) is 52.9 Å². The van der Waals surface area contributed by atoms with E-state index in [4.69, 9.17) is 0 Å². The number of hydrogen-bond donors (Lipinski definition) is 0. The second kappa shape index (κ2) is 3.51. The smallest absolute Gasteiger partial charge is 0.00667 e. The van der Waals surface area contributed by atoms with Crippen LogP contribution in [0.15, 0.2) is 41.4 Å². The van der Waals surface area contributed by atoms with E-state index in [9.17, 15) is 0 Å². The zero-order chi connectivity index (χ0) is 9.26. The zero-order valence-electron chi connectivity index (χ0n) is 7.33. The highest BCUT2D eigenvalue weighted by atomic mass is 79.9. The average molecular weight is 235 g/mol. The van der Waals surface area contributed by atoms with Gasteiger partial charge in [-0.2, -0.15) is 0 Å². The van der Waals surface area contributed by atoms with Crippen LogP contribution >= 0.6 is 15.9 Å². The summed E-state index contributed by atoms with van der Waals surface area (Å²) in [6.07, 6.45) is 5.25. The van der Waals surface area contributed by atoms with Crippen LogP contribution in [-0.2, 0) is 0 Å². The van der Waals surface area contributed by atoms with Gasteiger partial charge in [-0.05, 0) is 28.1 Å². The lowest BCUT2D eigenvalue weighted by molar-refractivity contribution is 0.848. The molecule has 0 saturated carbocycles. The molecule has 0 nitrogen and oxygen atoms in total. The van der Waals surface area contributed by atoms with Gasteiger partial charge in [-0.15, -0.1) is 6.58 Å². The highest BCUT2D eigenvalue weighted by Crippen LogP contribution is 2.36. The molecule has 1 heteroatoms. The molecule has 1 unspecified atom stereocenters. The fourth-order valence-electron chi connectivity index (χ4n) is 1.74. The van der Waals surface area contributed by atoms with E-state index in [-0.39, 0.29) is 0 Å². The number of allylic oxidation sites excluding steroid dienone is 2. The molecule has 1 aliphatic carbocycles. The summed E-state index contributed by atoms with van der Waals surface area (Å²) in [5.41, 5.74) is 2.70. The van der Waals surface area contributed by atoms with Crippen molar-refractivity contribution in [3.63, 3.8) is 0 Å². The van der Waals surface area contributed by atoms with Gasteiger partial charge >= 0.3 is 0 Å². The molecule has 0 amide bonds. The van der Waals surface area contributed by atoms with Gasteiger partial charge in [-0.1, -0.05) is 46.3 Å². The van der Waals surface area contributed by atoms with Crippen molar-refractivity contribution in [3.05, 3.63) is 52.5 Å². The topological polar surface area (TPSA) is 0 Å². The molecule has 0 fully saturated rings. The van der Waals surface area contributed by atoms with Crippen LogP contribution in [0.1, 0.15) is 23.5 Å². The summed E-state index contributed by atoms with van der Waals surface area (Å²) in [4.78, 5) is 0. The summed E-state index contributed by atoms with van der Waals surface area (Å²) in [6.45, 7) is 3.87. The molecular formula is C12H11Br. The van der Waals surface area contributed by atoms with Crippen molar-refractivity contribution >= 4 is 22.0 Å². The third-order valence-corrected chi connectivity index (χ3v) is 2.96. The quantitative estimate of drug-likeness (QED) is 0.643. The van der Waals surface area contributed by atoms with Gasteiger partial charge in [0.25, 0.3) is 0 Å². The van der Waals surface area contributed by atoms with E-state index in [0.29, 0.717) is 5.92 Å². The summed E-state index contributed by atoms with van der Waals surface area (Å²) < 4.78 is 1.26. The van der Waals surface area contributed by atoms with Crippen molar-refractivity contribution in [1.82, 2.24) is 0 Å². The third kappa shape index (κ3) is 1.61. The molecule has 1 aromatic rings. The molecule has 1 aromatic carbocycles. The Labute approximate surface area is 87.1 Å². The minimum atomic E-state index is 0.468. The number of fused-ring (bicyclic) bond motifs is 1. The lowest BCUT2D eigenvalue weighted by Gasteiger charge is -2.20. The highest BCUT2D eigenvalue weighted by molar-refractivity contribution is 9.11. The van der Waals surface area contributed by atoms with Crippen LogP contribution in [0.2, 0.25) is 0 Å². The Balaban J connectivity index is 2.54. The van der Waals surface area contributed by atoms with Gasteiger partial charge in [0.15, 0.2) is 0 Å². The lowest BCUT2D eigenvalue weighted by Crippen LogP contribution is -2.02. The first-order chi connectivity index (χ1) is 6.31. The Morgan fingerprint density at radius 2 is 2.15 bits per heavy atom. The third-order valence-electron chi connectivity index (χ3n) is 2.41. The zero-order valence-corrected chi connectivity index (χ0v) is 8.92. The van der Waals surface area contributed by atoms with Crippen LogP contribution in [0.4, 0.5) is 0 Å². The number of rotatable bonds is 1. The second-order valence-corrected chi connectivity index (χ2v) is 4.29. The first-order valence-corrected chi connectivity index (χ1v) is 5.18. The van der Waals surface area contributed by atoms with E-state index in [1.54, 1.807) is 0 Å². The molecule has 0 aliphatic heterocycles. The van der Waals surface area contributed by atoms with E-state index in [1.165, 1.54) is 15.6 Å². The molecule has 1 atom stereocenters. The molecule has 0 heterocycles. The lowest BCUT2D eigenvalue weighted by atomic mass is 9.87. The SMILES string of the molecule is C=CC1CC(Br)=Cc2ccccc21. The van der Waals surface area contributed by atoms with E-state index >= 15 is 0 Å². The van der Waals surface area contributed by atoms with E-state index < -0.39 is 0 Å². The van der Waals surface area contributed by atoms with Crippen LogP contribution in [-0.4, -0.2) is 0 Å². The summed E-state index contributed by atoms with van der Waals surface area (Å²) >= 11 is 3.55. The number of hydrogen-bond acceptors (Lipinski definition) is 0. The molecule has 0 saturated heterocycles. The second-order valence-electron chi connectivity index (χ2n) is 3.27. The molecular weight excluding hydrogens is 224 g/mol. The molecule has 13 heavy (non-hydrogen) atoms. The van der Waals surface area contributed by atoms with Gasteiger partial charge in [-0.3, -0.25) is 0 Å². The molecule has 66 valence electrons.